The fourth-order valence-electron chi connectivity index (χ4n) is 3.37. The molecule has 0 atom stereocenters. The predicted octanol–water partition coefficient (Wildman–Crippen LogP) is 1.09. The molecule has 140 valence electrons. The fraction of sp³-hybridized carbons (Fsp3) is 0.444. The van der Waals surface area contributed by atoms with E-state index in [1.54, 1.807) is 0 Å². The highest BCUT2D eigenvalue weighted by Gasteiger charge is 2.21. The van der Waals surface area contributed by atoms with Crippen molar-refractivity contribution < 1.29 is 9.47 Å². The Morgan fingerprint density at radius 1 is 0.815 bits per heavy atom. The lowest BCUT2D eigenvalue weighted by Crippen LogP contribution is -2.40. The number of nitrogens with one attached hydrogen (secondary N) is 1. The number of nitrogens with zero attached hydrogens (tertiary/aromatic N) is 6. The summed E-state index contributed by atoms with van der Waals surface area (Å²) in [6, 6.07) is 6.08. The summed E-state index contributed by atoms with van der Waals surface area (Å²) >= 11 is 0. The molecule has 2 aliphatic heterocycles. The SMILES string of the molecule is c1cc2[nH]ncc2cc1-c1nc(N2CCOCC2)nc(N2CCOCC2)n1. The van der Waals surface area contributed by atoms with E-state index >= 15 is 0 Å². The summed E-state index contributed by atoms with van der Waals surface area (Å²) in [5.41, 5.74) is 1.95. The Balaban J connectivity index is 1.57. The number of aromatic amines is 1. The van der Waals surface area contributed by atoms with Gasteiger partial charge in [0.2, 0.25) is 11.9 Å². The average molecular weight is 367 g/mol. The summed E-state index contributed by atoms with van der Waals surface area (Å²) in [5, 5.41) is 8.11. The molecular weight excluding hydrogens is 346 g/mol. The third-order valence-electron chi connectivity index (χ3n) is 4.90. The van der Waals surface area contributed by atoms with Crippen LogP contribution in [0.4, 0.5) is 11.9 Å². The van der Waals surface area contributed by atoms with Crippen molar-refractivity contribution in [2.75, 3.05) is 62.4 Å². The molecule has 2 saturated heterocycles. The van der Waals surface area contributed by atoms with E-state index in [1.165, 1.54) is 0 Å². The normalized spacial score (nSPS) is 18.2. The highest BCUT2D eigenvalue weighted by molar-refractivity contribution is 5.82. The van der Waals surface area contributed by atoms with Crippen LogP contribution in [0.5, 0.6) is 0 Å². The Kier molecular flexibility index (Phi) is 4.30. The van der Waals surface area contributed by atoms with Crippen LogP contribution in [0.25, 0.3) is 22.3 Å². The van der Waals surface area contributed by atoms with Crippen molar-refractivity contribution in [3.63, 3.8) is 0 Å². The van der Waals surface area contributed by atoms with Gasteiger partial charge in [0.15, 0.2) is 5.82 Å². The number of H-pyrrole nitrogens is 1. The Morgan fingerprint density at radius 3 is 2.07 bits per heavy atom. The molecule has 0 radical (unpaired) electrons. The van der Waals surface area contributed by atoms with E-state index in [1.807, 2.05) is 18.3 Å². The van der Waals surface area contributed by atoms with Gasteiger partial charge in [0.25, 0.3) is 0 Å². The van der Waals surface area contributed by atoms with E-state index < -0.39 is 0 Å². The second-order valence-corrected chi connectivity index (χ2v) is 6.63. The standard InChI is InChI=1S/C18H21N7O2/c1-2-15-14(12-19-23-15)11-13(1)16-20-17(24-3-7-26-8-4-24)22-18(21-16)25-5-9-27-10-6-25/h1-2,11-12H,3-10H2,(H,19,23). The van der Waals surface area contributed by atoms with Crippen LogP contribution in [-0.4, -0.2) is 77.8 Å². The number of aromatic nitrogens is 5. The number of benzene rings is 1. The van der Waals surface area contributed by atoms with Crippen LogP contribution in [0.3, 0.4) is 0 Å². The first kappa shape index (κ1) is 16.4. The topological polar surface area (TPSA) is 92.3 Å². The first-order valence-electron chi connectivity index (χ1n) is 9.22. The van der Waals surface area contributed by atoms with E-state index in [0.717, 1.165) is 42.6 Å². The van der Waals surface area contributed by atoms with Gasteiger partial charge in [-0.15, -0.1) is 0 Å². The highest BCUT2D eigenvalue weighted by Crippen LogP contribution is 2.25. The van der Waals surface area contributed by atoms with Crippen molar-refractivity contribution in [2.24, 2.45) is 0 Å². The van der Waals surface area contributed by atoms with Gasteiger partial charge in [-0.3, -0.25) is 5.10 Å². The minimum atomic E-state index is 0.677. The van der Waals surface area contributed by atoms with Crippen molar-refractivity contribution in [1.82, 2.24) is 25.1 Å². The lowest BCUT2D eigenvalue weighted by atomic mass is 10.1. The van der Waals surface area contributed by atoms with Gasteiger partial charge < -0.3 is 19.3 Å². The molecule has 0 unspecified atom stereocenters. The van der Waals surface area contributed by atoms with Gasteiger partial charge in [-0.1, -0.05) is 0 Å². The fourth-order valence-corrected chi connectivity index (χ4v) is 3.37. The molecule has 9 heteroatoms. The van der Waals surface area contributed by atoms with Gasteiger partial charge >= 0.3 is 0 Å². The molecule has 0 amide bonds. The van der Waals surface area contributed by atoms with Crippen molar-refractivity contribution in [3.05, 3.63) is 24.4 Å². The van der Waals surface area contributed by atoms with Gasteiger partial charge in [0, 0.05) is 37.1 Å². The van der Waals surface area contributed by atoms with Crippen LogP contribution in [0.2, 0.25) is 0 Å². The number of hydrogen-bond donors (Lipinski definition) is 1. The van der Waals surface area contributed by atoms with Gasteiger partial charge in [0.05, 0.1) is 38.1 Å². The number of hydrogen-bond acceptors (Lipinski definition) is 8. The molecule has 9 nitrogen and oxygen atoms in total. The Bertz CT molecular complexity index is 896. The summed E-state index contributed by atoms with van der Waals surface area (Å²) < 4.78 is 10.9. The highest BCUT2D eigenvalue weighted by atomic mass is 16.5. The largest absolute Gasteiger partial charge is 0.378 e. The quantitative estimate of drug-likeness (QED) is 0.735. The number of ether oxygens (including phenoxy) is 2. The zero-order valence-corrected chi connectivity index (χ0v) is 15.0. The number of morpholine rings is 2. The van der Waals surface area contributed by atoms with Crippen LogP contribution >= 0.6 is 0 Å². The van der Waals surface area contributed by atoms with Crippen LogP contribution in [0, 0.1) is 0 Å². The Morgan fingerprint density at radius 2 is 1.44 bits per heavy atom. The molecule has 4 heterocycles. The molecule has 27 heavy (non-hydrogen) atoms. The molecule has 0 aliphatic carbocycles. The van der Waals surface area contributed by atoms with Gasteiger partial charge in [-0.05, 0) is 18.2 Å². The summed E-state index contributed by atoms with van der Waals surface area (Å²) in [6.07, 6.45) is 1.81. The van der Waals surface area contributed by atoms with Crippen LogP contribution in [0.15, 0.2) is 24.4 Å². The van der Waals surface area contributed by atoms with E-state index in [-0.39, 0.29) is 0 Å². The van der Waals surface area contributed by atoms with E-state index in [4.69, 9.17) is 24.4 Å². The second kappa shape index (κ2) is 7.09. The molecule has 3 aromatic rings. The first-order chi connectivity index (χ1) is 13.4. The third kappa shape index (κ3) is 3.31. The number of rotatable bonds is 3. The van der Waals surface area contributed by atoms with Gasteiger partial charge in [-0.25, -0.2) is 0 Å². The lowest BCUT2D eigenvalue weighted by Gasteiger charge is -2.30. The van der Waals surface area contributed by atoms with Crippen molar-refractivity contribution in [3.8, 4) is 11.4 Å². The molecule has 5 rings (SSSR count). The molecule has 1 aromatic carbocycles. The third-order valence-corrected chi connectivity index (χ3v) is 4.90. The molecule has 2 aromatic heterocycles. The first-order valence-corrected chi connectivity index (χ1v) is 9.22. The zero-order valence-electron chi connectivity index (χ0n) is 15.0. The average Bonchev–Trinajstić information content (AvgIpc) is 3.22. The maximum absolute atomic E-state index is 5.47. The molecule has 0 spiro atoms. The molecule has 0 bridgehead atoms. The molecule has 2 fully saturated rings. The van der Waals surface area contributed by atoms with Crippen molar-refractivity contribution >= 4 is 22.8 Å². The number of fused-ring (bicyclic) bond motifs is 1. The smallest absolute Gasteiger partial charge is 0.230 e. The summed E-state index contributed by atoms with van der Waals surface area (Å²) in [4.78, 5) is 18.6. The molecule has 1 N–H and O–H groups in total. The van der Waals surface area contributed by atoms with Gasteiger partial charge in [-0.2, -0.15) is 20.1 Å². The summed E-state index contributed by atoms with van der Waals surface area (Å²) in [6.45, 7) is 5.90. The summed E-state index contributed by atoms with van der Waals surface area (Å²) in [5.74, 6) is 2.09. The molecule has 0 saturated carbocycles. The predicted molar refractivity (Wildman–Crippen MR) is 101 cm³/mol. The summed E-state index contributed by atoms with van der Waals surface area (Å²) in [7, 11) is 0. The lowest BCUT2D eigenvalue weighted by molar-refractivity contribution is 0.121. The van der Waals surface area contributed by atoms with Crippen molar-refractivity contribution in [1.29, 1.82) is 0 Å². The molecule has 2 aliphatic rings. The minimum Gasteiger partial charge on any atom is -0.378 e. The van der Waals surface area contributed by atoms with Crippen LogP contribution in [0.1, 0.15) is 0 Å². The van der Waals surface area contributed by atoms with Gasteiger partial charge in [0.1, 0.15) is 0 Å². The van der Waals surface area contributed by atoms with Crippen molar-refractivity contribution in [2.45, 2.75) is 0 Å². The van der Waals surface area contributed by atoms with E-state index in [0.29, 0.717) is 44.1 Å². The Hall–Kier alpha value is -2.78. The van der Waals surface area contributed by atoms with E-state index in [9.17, 15) is 0 Å². The number of anilines is 2. The minimum absolute atomic E-state index is 0.677. The maximum atomic E-state index is 5.47. The van der Waals surface area contributed by atoms with Crippen LogP contribution in [-0.2, 0) is 9.47 Å². The zero-order chi connectivity index (χ0) is 18.1. The Labute approximate surface area is 156 Å². The molecular formula is C18H21N7O2. The monoisotopic (exact) mass is 367 g/mol. The van der Waals surface area contributed by atoms with Crippen LogP contribution < -0.4 is 9.80 Å². The second-order valence-electron chi connectivity index (χ2n) is 6.63. The maximum Gasteiger partial charge on any atom is 0.230 e. The van der Waals surface area contributed by atoms with E-state index in [2.05, 4.69) is 26.1 Å².